The maximum absolute atomic E-state index is 13.2. The molecule has 7 atom stereocenters. The minimum absolute atomic E-state index is 0.0618. The summed E-state index contributed by atoms with van der Waals surface area (Å²) in [6.07, 6.45) is 11.8. The molecule has 4 aliphatic rings. The van der Waals surface area contributed by atoms with Crippen molar-refractivity contribution in [1.29, 1.82) is 0 Å². The molecule has 1 unspecified atom stereocenters. The third kappa shape index (κ3) is 4.04. The molecular weight excluding hydrogens is 412 g/mol. The highest BCUT2D eigenvalue weighted by atomic mass is 16.5. The zero-order valence-corrected chi connectivity index (χ0v) is 21.5. The van der Waals surface area contributed by atoms with Gasteiger partial charge in [0.25, 0.3) is 0 Å². The second kappa shape index (κ2) is 9.30. The van der Waals surface area contributed by atoms with Crippen molar-refractivity contribution in [3.8, 4) is 0 Å². The fourth-order valence-corrected chi connectivity index (χ4v) is 8.73. The predicted octanol–water partition coefficient (Wildman–Crippen LogP) is 6.46. The molecule has 3 saturated carbocycles. The van der Waals surface area contributed by atoms with E-state index >= 15 is 0 Å². The predicted molar refractivity (Wildman–Crippen MR) is 129 cm³/mol. The van der Waals surface area contributed by atoms with Crippen molar-refractivity contribution in [1.82, 2.24) is 0 Å². The van der Waals surface area contributed by atoms with E-state index in [-0.39, 0.29) is 40.5 Å². The van der Waals surface area contributed by atoms with Crippen LogP contribution in [-0.4, -0.2) is 23.6 Å². The van der Waals surface area contributed by atoms with Crippen LogP contribution in [0.2, 0.25) is 0 Å². The number of esters is 1. The van der Waals surface area contributed by atoms with E-state index < -0.39 is 0 Å². The van der Waals surface area contributed by atoms with Gasteiger partial charge in [0, 0.05) is 17.8 Å². The lowest BCUT2D eigenvalue weighted by Crippen LogP contribution is -2.56. The van der Waals surface area contributed by atoms with Crippen LogP contribution in [-0.2, 0) is 19.1 Å². The monoisotopic (exact) mass is 456 g/mol. The standard InChI is InChI=1S/C29H44O4/c1-6-8-19(9-7-2)27(32)33-26-17-21(31)16-20-10-11-22-24-13-12-23(18(3)30)28(24,4)15-14-25(22)29(20,26)5/h16,19,22-26H,6-15,17H2,1-5H3/t22-,23+,24-,25-,26?,28+,29-/m0/s1. The van der Waals surface area contributed by atoms with Crippen molar-refractivity contribution in [2.75, 3.05) is 0 Å². The van der Waals surface area contributed by atoms with E-state index in [9.17, 15) is 14.4 Å². The number of hydrogen-bond donors (Lipinski definition) is 0. The van der Waals surface area contributed by atoms with Crippen molar-refractivity contribution >= 4 is 17.5 Å². The summed E-state index contributed by atoms with van der Waals surface area (Å²) in [6.45, 7) is 10.7. The van der Waals surface area contributed by atoms with Crippen LogP contribution in [0.4, 0.5) is 0 Å². The van der Waals surface area contributed by atoms with Crippen molar-refractivity contribution in [3.05, 3.63) is 11.6 Å². The van der Waals surface area contributed by atoms with E-state index in [0.717, 1.165) is 64.2 Å². The molecule has 0 heterocycles. The van der Waals surface area contributed by atoms with Crippen LogP contribution in [0.1, 0.15) is 105 Å². The molecule has 4 rings (SSSR count). The van der Waals surface area contributed by atoms with Gasteiger partial charge in [0.05, 0.1) is 5.92 Å². The van der Waals surface area contributed by atoms with Gasteiger partial charge in [-0.05, 0) is 87.5 Å². The van der Waals surface area contributed by atoms with E-state index in [1.807, 2.05) is 6.08 Å². The highest BCUT2D eigenvalue weighted by molar-refractivity contribution is 5.92. The number of fused-ring (bicyclic) bond motifs is 5. The molecule has 4 aliphatic carbocycles. The molecule has 0 radical (unpaired) electrons. The zero-order chi connectivity index (χ0) is 24.0. The average molecular weight is 457 g/mol. The second-order valence-corrected chi connectivity index (χ2v) is 12.0. The number of hydrogen-bond acceptors (Lipinski definition) is 4. The molecule has 0 saturated heterocycles. The molecule has 3 fully saturated rings. The van der Waals surface area contributed by atoms with Crippen LogP contribution < -0.4 is 0 Å². The van der Waals surface area contributed by atoms with Crippen LogP contribution in [0.25, 0.3) is 0 Å². The molecule has 184 valence electrons. The van der Waals surface area contributed by atoms with Gasteiger partial charge in [-0.25, -0.2) is 0 Å². The van der Waals surface area contributed by atoms with Crippen molar-refractivity contribution in [3.63, 3.8) is 0 Å². The summed E-state index contributed by atoms with van der Waals surface area (Å²) in [6, 6.07) is 0. The van der Waals surface area contributed by atoms with Crippen molar-refractivity contribution in [2.24, 2.45) is 40.4 Å². The highest BCUT2D eigenvalue weighted by Gasteiger charge is 2.62. The fourth-order valence-electron chi connectivity index (χ4n) is 8.73. The topological polar surface area (TPSA) is 60.4 Å². The summed E-state index contributed by atoms with van der Waals surface area (Å²) in [5.74, 6) is 2.03. The molecule has 0 aliphatic heterocycles. The summed E-state index contributed by atoms with van der Waals surface area (Å²) in [7, 11) is 0. The third-order valence-electron chi connectivity index (χ3n) is 10.4. The first-order chi connectivity index (χ1) is 15.7. The van der Waals surface area contributed by atoms with E-state index in [4.69, 9.17) is 4.74 Å². The second-order valence-electron chi connectivity index (χ2n) is 12.0. The Hall–Kier alpha value is -1.45. The van der Waals surface area contributed by atoms with E-state index in [1.54, 1.807) is 6.92 Å². The first-order valence-electron chi connectivity index (χ1n) is 13.6. The van der Waals surface area contributed by atoms with Gasteiger partial charge in [0.1, 0.15) is 11.9 Å². The van der Waals surface area contributed by atoms with Gasteiger partial charge in [0.2, 0.25) is 0 Å². The van der Waals surface area contributed by atoms with Gasteiger partial charge in [-0.2, -0.15) is 0 Å². The summed E-state index contributed by atoms with van der Waals surface area (Å²) >= 11 is 0. The minimum atomic E-state index is -0.351. The lowest BCUT2D eigenvalue weighted by molar-refractivity contribution is -0.171. The minimum Gasteiger partial charge on any atom is -0.461 e. The molecule has 0 aromatic rings. The number of ketones is 2. The summed E-state index contributed by atoms with van der Waals surface area (Å²) in [5, 5.41) is 0. The summed E-state index contributed by atoms with van der Waals surface area (Å²) in [5.41, 5.74) is 1.06. The fraction of sp³-hybridized carbons (Fsp3) is 0.828. The maximum Gasteiger partial charge on any atom is 0.309 e. The number of ether oxygens (including phenoxy) is 1. The average Bonchev–Trinajstić information content (AvgIpc) is 3.12. The largest absolute Gasteiger partial charge is 0.461 e. The molecule has 0 amide bonds. The van der Waals surface area contributed by atoms with Crippen LogP contribution >= 0.6 is 0 Å². The molecule has 4 nitrogen and oxygen atoms in total. The van der Waals surface area contributed by atoms with E-state index in [1.165, 1.54) is 5.57 Å². The van der Waals surface area contributed by atoms with Crippen LogP contribution in [0.3, 0.4) is 0 Å². The SMILES string of the molecule is CCCC(CCC)C(=O)OC1CC(=O)C=C2CC[C@H]3[C@@H]4CC[C@H](C(C)=O)[C@@]4(C)CC[C@@H]3[C@]21C. The third-order valence-corrected chi connectivity index (χ3v) is 10.4. The molecule has 0 spiro atoms. The Labute approximate surface area is 200 Å². The Bertz CT molecular complexity index is 821. The highest BCUT2D eigenvalue weighted by Crippen LogP contribution is 2.67. The summed E-state index contributed by atoms with van der Waals surface area (Å²) in [4.78, 5) is 38.3. The van der Waals surface area contributed by atoms with E-state index in [2.05, 4.69) is 27.7 Å². The van der Waals surface area contributed by atoms with Gasteiger partial charge in [0.15, 0.2) is 5.78 Å². The van der Waals surface area contributed by atoms with Crippen molar-refractivity contribution in [2.45, 2.75) is 111 Å². The van der Waals surface area contributed by atoms with Gasteiger partial charge in [-0.3, -0.25) is 14.4 Å². The first kappa shape index (κ1) is 24.7. The summed E-state index contributed by atoms with van der Waals surface area (Å²) < 4.78 is 6.29. The molecular formula is C29H44O4. The van der Waals surface area contributed by atoms with E-state index in [0.29, 0.717) is 30.0 Å². The Morgan fingerprint density at radius 2 is 1.76 bits per heavy atom. The number of carbonyl (C=O) groups is 3. The maximum atomic E-state index is 13.2. The smallest absolute Gasteiger partial charge is 0.309 e. The zero-order valence-electron chi connectivity index (χ0n) is 21.5. The molecule has 0 bridgehead atoms. The van der Waals surface area contributed by atoms with Crippen LogP contribution in [0.5, 0.6) is 0 Å². The van der Waals surface area contributed by atoms with Gasteiger partial charge in [-0.1, -0.05) is 46.1 Å². The van der Waals surface area contributed by atoms with Gasteiger partial charge in [-0.15, -0.1) is 0 Å². The van der Waals surface area contributed by atoms with Crippen LogP contribution in [0, 0.1) is 40.4 Å². The number of Topliss-reactive ketones (excluding diaryl/α,β-unsaturated/α-hetero) is 1. The Kier molecular flexibility index (Phi) is 6.95. The lowest BCUT2D eigenvalue weighted by atomic mass is 9.46. The number of carbonyl (C=O) groups excluding carboxylic acids is 3. The Morgan fingerprint density at radius 3 is 2.39 bits per heavy atom. The number of rotatable bonds is 7. The van der Waals surface area contributed by atoms with Gasteiger partial charge >= 0.3 is 5.97 Å². The van der Waals surface area contributed by atoms with Crippen LogP contribution in [0.15, 0.2) is 11.6 Å². The Balaban J connectivity index is 1.62. The van der Waals surface area contributed by atoms with Gasteiger partial charge < -0.3 is 4.74 Å². The molecule has 0 aromatic heterocycles. The molecule has 33 heavy (non-hydrogen) atoms. The van der Waals surface area contributed by atoms with Crippen molar-refractivity contribution < 1.29 is 19.1 Å². The quantitative estimate of drug-likeness (QED) is 0.412. The Morgan fingerprint density at radius 1 is 1.06 bits per heavy atom. The normalized spacial score (nSPS) is 40.0. The molecule has 4 heteroatoms. The first-order valence-corrected chi connectivity index (χ1v) is 13.6. The lowest BCUT2D eigenvalue weighted by Gasteiger charge is -2.59. The molecule has 0 N–H and O–H groups in total. The molecule has 0 aromatic carbocycles.